The summed E-state index contributed by atoms with van der Waals surface area (Å²) in [5.74, 6) is -0.140. The molecule has 4 heteroatoms. The molecule has 0 aromatic carbocycles. The molecule has 0 spiro atoms. The summed E-state index contributed by atoms with van der Waals surface area (Å²) < 4.78 is 10.9. The molecule has 2 unspecified atom stereocenters. The van der Waals surface area contributed by atoms with E-state index in [9.17, 15) is 4.79 Å². The predicted molar refractivity (Wildman–Crippen MR) is 64.8 cm³/mol. The Morgan fingerprint density at radius 1 is 1.35 bits per heavy atom. The number of carbonyl (C=O) groups is 1. The number of hydrogen-bond acceptors (Lipinski definition) is 4. The zero-order valence-electron chi connectivity index (χ0n) is 10.8. The number of likely N-dealkylation sites (N-methyl/N-ethyl adjacent to an activating group) is 1. The van der Waals surface area contributed by atoms with Crippen molar-refractivity contribution in [2.45, 2.75) is 63.2 Å². The second-order valence-corrected chi connectivity index (χ2v) is 5.16. The summed E-state index contributed by atoms with van der Waals surface area (Å²) in [6, 6.07) is 0. The van der Waals surface area contributed by atoms with Crippen molar-refractivity contribution in [2.24, 2.45) is 0 Å². The summed E-state index contributed by atoms with van der Waals surface area (Å²) in [4.78, 5) is 11.9. The Bertz CT molecular complexity index is 278. The minimum absolute atomic E-state index is 0.140. The molecule has 0 amide bonds. The lowest BCUT2D eigenvalue weighted by atomic mass is 9.95. The summed E-state index contributed by atoms with van der Waals surface area (Å²) in [6.07, 6.45) is 6.85. The lowest BCUT2D eigenvalue weighted by Crippen LogP contribution is -2.51. The number of esters is 1. The number of ether oxygens (including phenoxy) is 2. The van der Waals surface area contributed by atoms with Crippen molar-refractivity contribution >= 4 is 5.97 Å². The molecule has 4 nitrogen and oxygen atoms in total. The molecule has 2 fully saturated rings. The Labute approximate surface area is 103 Å². The van der Waals surface area contributed by atoms with Crippen LogP contribution in [0.2, 0.25) is 0 Å². The van der Waals surface area contributed by atoms with Gasteiger partial charge in [-0.2, -0.15) is 0 Å². The van der Waals surface area contributed by atoms with Crippen molar-refractivity contribution in [3.63, 3.8) is 0 Å². The molecule has 0 saturated heterocycles. The van der Waals surface area contributed by atoms with Gasteiger partial charge in [0.25, 0.3) is 0 Å². The van der Waals surface area contributed by atoms with E-state index in [1.807, 2.05) is 6.92 Å². The van der Waals surface area contributed by atoms with Gasteiger partial charge in [0.1, 0.15) is 5.54 Å². The number of rotatable bonds is 5. The molecule has 0 bridgehead atoms. The van der Waals surface area contributed by atoms with Crippen LogP contribution in [0, 0.1) is 0 Å². The van der Waals surface area contributed by atoms with Gasteiger partial charge in [-0.1, -0.05) is 6.92 Å². The van der Waals surface area contributed by atoms with Crippen LogP contribution in [0.5, 0.6) is 0 Å². The quantitative estimate of drug-likeness (QED) is 0.743. The highest BCUT2D eigenvalue weighted by molar-refractivity contribution is 5.81. The van der Waals surface area contributed by atoms with Gasteiger partial charge >= 0.3 is 5.97 Å². The van der Waals surface area contributed by atoms with Crippen LogP contribution >= 0.6 is 0 Å². The Balaban J connectivity index is 1.92. The largest absolute Gasteiger partial charge is 0.468 e. The first kappa shape index (κ1) is 12.8. The third kappa shape index (κ3) is 2.63. The number of nitrogens with one attached hydrogen (secondary N) is 1. The normalized spacial score (nSPS) is 33.4. The average molecular weight is 241 g/mol. The van der Waals surface area contributed by atoms with Gasteiger partial charge in [0, 0.05) is 6.42 Å². The predicted octanol–water partition coefficient (Wildman–Crippen LogP) is 1.63. The van der Waals surface area contributed by atoms with E-state index in [1.54, 1.807) is 0 Å². The van der Waals surface area contributed by atoms with Crippen LogP contribution < -0.4 is 5.32 Å². The number of methoxy groups -OCH3 is 1. The zero-order valence-corrected chi connectivity index (χ0v) is 10.8. The van der Waals surface area contributed by atoms with Crippen molar-refractivity contribution in [3.8, 4) is 0 Å². The summed E-state index contributed by atoms with van der Waals surface area (Å²) in [5, 5.41) is 3.29. The molecule has 0 aromatic heterocycles. The van der Waals surface area contributed by atoms with E-state index in [4.69, 9.17) is 9.47 Å². The zero-order chi connectivity index (χ0) is 12.3. The van der Waals surface area contributed by atoms with Gasteiger partial charge < -0.3 is 14.8 Å². The second-order valence-electron chi connectivity index (χ2n) is 5.16. The molecule has 2 atom stereocenters. The fourth-order valence-corrected chi connectivity index (χ4v) is 2.85. The van der Waals surface area contributed by atoms with Crippen molar-refractivity contribution in [1.82, 2.24) is 5.32 Å². The highest BCUT2D eigenvalue weighted by atomic mass is 16.5. The number of hydrogen-bond donors (Lipinski definition) is 1. The van der Waals surface area contributed by atoms with Gasteiger partial charge in [-0.15, -0.1) is 0 Å². The van der Waals surface area contributed by atoms with Crippen LogP contribution in [0.1, 0.15) is 45.4 Å². The first-order valence-electron chi connectivity index (χ1n) is 6.69. The molecular formula is C13H23NO3. The molecule has 0 aliphatic heterocycles. The van der Waals surface area contributed by atoms with Crippen molar-refractivity contribution in [1.29, 1.82) is 0 Å². The van der Waals surface area contributed by atoms with Crippen LogP contribution in [-0.4, -0.2) is 37.4 Å². The summed E-state index contributed by atoms with van der Waals surface area (Å²) in [7, 11) is 1.46. The van der Waals surface area contributed by atoms with Crippen LogP contribution in [0.25, 0.3) is 0 Å². The van der Waals surface area contributed by atoms with Gasteiger partial charge in [-0.25, -0.2) is 0 Å². The van der Waals surface area contributed by atoms with Crippen LogP contribution in [-0.2, 0) is 14.3 Å². The smallest absolute Gasteiger partial charge is 0.326 e. The lowest BCUT2D eigenvalue weighted by molar-refractivity contribution is -0.149. The molecule has 0 heterocycles. The van der Waals surface area contributed by atoms with Crippen molar-refractivity contribution in [2.75, 3.05) is 13.7 Å². The van der Waals surface area contributed by atoms with Crippen LogP contribution in [0.4, 0.5) is 0 Å². The lowest BCUT2D eigenvalue weighted by Gasteiger charge is -2.30. The van der Waals surface area contributed by atoms with Gasteiger partial charge in [0.2, 0.25) is 0 Å². The topological polar surface area (TPSA) is 47.6 Å². The average Bonchev–Trinajstić information content (AvgIpc) is 2.68. The summed E-state index contributed by atoms with van der Waals surface area (Å²) in [6.45, 7) is 2.80. The first-order chi connectivity index (χ1) is 8.20. The Hall–Kier alpha value is -0.610. The van der Waals surface area contributed by atoms with Gasteiger partial charge in [-0.05, 0) is 38.6 Å². The Kier molecular flexibility index (Phi) is 4.05. The highest BCUT2D eigenvalue weighted by Crippen LogP contribution is 2.36. The number of carbonyl (C=O) groups excluding carboxylic acids is 1. The third-order valence-electron chi connectivity index (χ3n) is 4.00. The van der Waals surface area contributed by atoms with E-state index < -0.39 is 5.54 Å². The maximum Gasteiger partial charge on any atom is 0.326 e. The molecule has 17 heavy (non-hydrogen) atoms. The molecule has 2 aliphatic carbocycles. The molecule has 0 aromatic rings. The highest BCUT2D eigenvalue weighted by Gasteiger charge is 2.46. The van der Waals surface area contributed by atoms with Crippen LogP contribution in [0.3, 0.4) is 0 Å². The maximum atomic E-state index is 11.9. The van der Waals surface area contributed by atoms with E-state index >= 15 is 0 Å². The van der Waals surface area contributed by atoms with Gasteiger partial charge in [0.05, 0.1) is 19.3 Å². The fourth-order valence-electron chi connectivity index (χ4n) is 2.85. The molecule has 98 valence electrons. The summed E-state index contributed by atoms with van der Waals surface area (Å²) in [5.41, 5.74) is -0.502. The van der Waals surface area contributed by atoms with Crippen molar-refractivity contribution in [3.05, 3.63) is 0 Å². The summed E-state index contributed by atoms with van der Waals surface area (Å²) >= 11 is 0. The van der Waals surface area contributed by atoms with E-state index in [0.717, 1.165) is 25.8 Å². The van der Waals surface area contributed by atoms with Gasteiger partial charge in [-0.3, -0.25) is 4.79 Å². The molecule has 0 radical (unpaired) electrons. The standard InChI is InChI=1S/C13H23NO3/c1-3-14-13(12(15)16-2)8-7-11(9-13)17-10-5-4-6-10/h10-11,14H,3-9H2,1-2H3. The molecule has 2 rings (SSSR count). The Morgan fingerprint density at radius 2 is 2.12 bits per heavy atom. The SMILES string of the molecule is CCNC1(C(=O)OC)CCC(OC2CCC2)C1. The van der Waals surface area contributed by atoms with Gasteiger partial charge in [0.15, 0.2) is 0 Å². The minimum Gasteiger partial charge on any atom is -0.468 e. The molecular weight excluding hydrogens is 218 g/mol. The van der Waals surface area contributed by atoms with Crippen molar-refractivity contribution < 1.29 is 14.3 Å². The minimum atomic E-state index is -0.502. The first-order valence-corrected chi connectivity index (χ1v) is 6.69. The fraction of sp³-hybridized carbons (Fsp3) is 0.923. The third-order valence-corrected chi connectivity index (χ3v) is 4.00. The molecule has 1 N–H and O–H groups in total. The molecule has 2 aliphatic rings. The van der Waals surface area contributed by atoms with E-state index in [2.05, 4.69) is 5.32 Å². The maximum absolute atomic E-state index is 11.9. The Morgan fingerprint density at radius 3 is 2.65 bits per heavy atom. The van der Waals surface area contributed by atoms with Crippen LogP contribution in [0.15, 0.2) is 0 Å². The van der Waals surface area contributed by atoms with E-state index in [0.29, 0.717) is 6.10 Å². The monoisotopic (exact) mass is 241 g/mol. The second kappa shape index (κ2) is 5.36. The molecule has 2 saturated carbocycles. The van der Waals surface area contributed by atoms with E-state index in [1.165, 1.54) is 26.4 Å². The van der Waals surface area contributed by atoms with E-state index in [-0.39, 0.29) is 12.1 Å².